The van der Waals surface area contributed by atoms with Crippen molar-refractivity contribution in [2.75, 3.05) is 12.9 Å². The van der Waals surface area contributed by atoms with Gasteiger partial charge < -0.3 is 9.84 Å². The van der Waals surface area contributed by atoms with Gasteiger partial charge in [-0.2, -0.15) is 5.10 Å². The number of ether oxygens (including phenoxy) is 1. The zero-order chi connectivity index (χ0) is 16.7. The summed E-state index contributed by atoms with van der Waals surface area (Å²) in [6, 6.07) is 8.79. The molecule has 0 unspecified atom stereocenters. The molecule has 2 rings (SSSR count). The Bertz CT molecular complexity index is 711. The molecular formula is C15H14BrN3O3S. The number of carbonyl (C=O) groups excluding carboxylic acids is 1. The molecule has 0 bridgehead atoms. The molecule has 0 atom stereocenters. The second-order valence-corrected chi connectivity index (χ2v) is 6.15. The van der Waals surface area contributed by atoms with E-state index in [1.54, 1.807) is 18.3 Å². The highest BCUT2D eigenvalue weighted by atomic mass is 79.9. The van der Waals surface area contributed by atoms with Crippen LogP contribution in [0.1, 0.15) is 5.56 Å². The molecule has 0 spiro atoms. The Hall–Kier alpha value is -2.06. The van der Waals surface area contributed by atoms with Crippen LogP contribution in [0.15, 0.2) is 51.1 Å². The van der Waals surface area contributed by atoms with Crippen LogP contribution in [0.2, 0.25) is 0 Å². The number of benzene rings is 1. The second-order valence-electron chi connectivity index (χ2n) is 4.30. The summed E-state index contributed by atoms with van der Waals surface area (Å²) in [5.41, 5.74) is 3.11. The topological polar surface area (TPSA) is 83.8 Å². The van der Waals surface area contributed by atoms with Crippen molar-refractivity contribution in [2.45, 2.75) is 5.03 Å². The number of halogens is 1. The minimum Gasteiger partial charge on any atom is -0.503 e. The lowest BCUT2D eigenvalue weighted by Crippen LogP contribution is -2.19. The predicted octanol–water partition coefficient (Wildman–Crippen LogP) is 2.80. The molecule has 0 aliphatic heterocycles. The van der Waals surface area contributed by atoms with Crippen LogP contribution < -0.4 is 10.2 Å². The molecule has 1 aromatic carbocycles. The van der Waals surface area contributed by atoms with Crippen LogP contribution in [-0.4, -0.2) is 35.1 Å². The first-order chi connectivity index (χ1) is 11.1. The standard InChI is InChI=1S/C15H14BrN3O3S/c1-22-12-7-10(6-11(16)15(12)21)8-18-19-13(20)9-23-14-4-2-3-5-17-14/h2-8,21H,9H2,1H3,(H,19,20)/b18-8-. The number of methoxy groups -OCH3 is 1. The number of aromatic hydroxyl groups is 1. The molecule has 0 fully saturated rings. The van der Waals surface area contributed by atoms with E-state index in [4.69, 9.17) is 4.74 Å². The number of amides is 1. The van der Waals surface area contributed by atoms with Crippen LogP contribution in [0.5, 0.6) is 11.5 Å². The fourth-order valence-electron chi connectivity index (χ4n) is 1.61. The highest BCUT2D eigenvalue weighted by Gasteiger charge is 2.07. The minimum absolute atomic E-state index is 0.0143. The van der Waals surface area contributed by atoms with Gasteiger partial charge in [-0.1, -0.05) is 17.8 Å². The van der Waals surface area contributed by atoms with Gasteiger partial charge >= 0.3 is 0 Å². The lowest BCUT2D eigenvalue weighted by Gasteiger charge is -2.06. The van der Waals surface area contributed by atoms with Gasteiger partial charge in [0.2, 0.25) is 5.91 Å². The predicted molar refractivity (Wildman–Crippen MR) is 93.1 cm³/mol. The maximum atomic E-state index is 11.7. The first-order valence-electron chi connectivity index (χ1n) is 6.52. The van der Waals surface area contributed by atoms with E-state index in [0.717, 1.165) is 5.03 Å². The van der Waals surface area contributed by atoms with Gasteiger partial charge in [0.05, 0.1) is 28.6 Å². The van der Waals surface area contributed by atoms with E-state index in [1.165, 1.54) is 25.1 Å². The van der Waals surface area contributed by atoms with Crippen LogP contribution in [0.4, 0.5) is 0 Å². The van der Waals surface area contributed by atoms with Gasteiger partial charge in [0, 0.05) is 6.20 Å². The number of thioether (sulfide) groups is 1. The number of pyridine rings is 1. The highest BCUT2D eigenvalue weighted by Crippen LogP contribution is 2.34. The molecule has 6 nitrogen and oxygen atoms in total. The largest absolute Gasteiger partial charge is 0.503 e. The van der Waals surface area contributed by atoms with Gasteiger partial charge in [-0.05, 0) is 45.8 Å². The van der Waals surface area contributed by atoms with E-state index >= 15 is 0 Å². The Morgan fingerprint density at radius 2 is 2.35 bits per heavy atom. The Kier molecular flexibility index (Phi) is 6.42. The van der Waals surface area contributed by atoms with E-state index in [9.17, 15) is 9.90 Å². The lowest BCUT2D eigenvalue weighted by atomic mass is 10.2. The average Bonchev–Trinajstić information content (AvgIpc) is 2.57. The number of nitrogens with one attached hydrogen (secondary N) is 1. The summed E-state index contributed by atoms with van der Waals surface area (Å²) in [5, 5.41) is 14.4. The first-order valence-corrected chi connectivity index (χ1v) is 8.30. The number of hydrogen-bond donors (Lipinski definition) is 2. The maximum Gasteiger partial charge on any atom is 0.250 e. The number of aromatic nitrogens is 1. The van der Waals surface area contributed by atoms with Crippen molar-refractivity contribution in [3.05, 3.63) is 46.6 Å². The van der Waals surface area contributed by atoms with Crippen molar-refractivity contribution in [3.63, 3.8) is 0 Å². The lowest BCUT2D eigenvalue weighted by molar-refractivity contribution is -0.118. The third kappa shape index (κ3) is 5.26. The Morgan fingerprint density at radius 1 is 1.52 bits per heavy atom. The summed E-state index contributed by atoms with van der Waals surface area (Å²) >= 11 is 4.55. The van der Waals surface area contributed by atoms with Gasteiger partial charge in [0.1, 0.15) is 0 Å². The molecule has 0 aliphatic rings. The first kappa shape index (κ1) is 17.3. The molecule has 8 heteroatoms. The normalized spacial score (nSPS) is 10.7. The van der Waals surface area contributed by atoms with Crippen molar-refractivity contribution in [3.8, 4) is 11.5 Å². The van der Waals surface area contributed by atoms with Crippen LogP contribution in [0, 0.1) is 0 Å². The third-order valence-electron chi connectivity index (χ3n) is 2.66. The van der Waals surface area contributed by atoms with Gasteiger partial charge in [0.15, 0.2) is 11.5 Å². The quantitative estimate of drug-likeness (QED) is 0.446. The number of carbonyl (C=O) groups is 1. The van der Waals surface area contributed by atoms with Crippen LogP contribution in [0.3, 0.4) is 0 Å². The molecular weight excluding hydrogens is 382 g/mol. The molecule has 1 amide bonds. The molecule has 1 aromatic heterocycles. The number of nitrogens with zero attached hydrogens (tertiary/aromatic N) is 2. The summed E-state index contributed by atoms with van der Waals surface area (Å²) in [7, 11) is 1.46. The zero-order valence-electron chi connectivity index (χ0n) is 12.2. The number of phenolic OH excluding ortho intramolecular Hbond substituents is 1. The van der Waals surface area contributed by atoms with Gasteiger partial charge in [-0.15, -0.1) is 0 Å². The van der Waals surface area contributed by atoms with Crippen molar-refractivity contribution in [1.82, 2.24) is 10.4 Å². The SMILES string of the molecule is COc1cc(/C=N\NC(=O)CSc2ccccn2)cc(Br)c1O. The number of hydrazone groups is 1. The summed E-state index contributed by atoms with van der Waals surface area (Å²) in [5.74, 6) is 0.316. The molecule has 2 aromatic rings. The third-order valence-corrected chi connectivity index (χ3v) is 4.21. The molecule has 0 saturated heterocycles. The summed E-state index contributed by atoms with van der Waals surface area (Å²) in [6.45, 7) is 0. The molecule has 120 valence electrons. The Morgan fingerprint density at radius 3 is 3.04 bits per heavy atom. The smallest absolute Gasteiger partial charge is 0.250 e. The molecule has 2 N–H and O–H groups in total. The number of hydrogen-bond acceptors (Lipinski definition) is 6. The number of rotatable bonds is 6. The van der Waals surface area contributed by atoms with Gasteiger partial charge in [-0.3, -0.25) is 4.79 Å². The van der Waals surface area contributed by atoms with Crippen molar-refractivity contribution >= 4 is 39.8 Å². The van der Waals surface area contributed by atoms with E-state index in [2.05, 4.69) is 31.4 Å². The molecule has 0 radical (unpaired) electrons. The van der Waals surface area contributed by atoms with Crippen LogP contribution in [0.25, 0.3) is 0 Å². The molecule has 1 heterocycles. The minimum atomic E-state index is -0.235. The summed E-state index contributed by atoms with van der Waals surface area (Å²) in [4.78, 5) is 15.8. The van der Waals surface area contributed by atoms with E-state index in [1.807, 2.05) is 18.2 Å². The monoisotopic (exact) mass is 395 g/mol. The number of phenols is 1. The summed E-state index contributed by atoms with van der Waals surface area (Å²) < 4.78 is 5.52. The zero-order valence-corrected chi connectivity index (χ0v) is 14.6. The van der Waals surface area contributed by atoms with E-state index in [-0.39, 0.29) is 17.4 Å². The maximum absolute atomic E-state index is 11.7. The van der Waals surface area contributed by atoms with Gasteiger partial charge in [0.25, 0.3) is 0 Å². The van der Waals surface area contributed by atoms with E-state index < -0.39 is 0 Å². The van der Waals surface area contributed by atoms with Gasteiger partial charge in [-0.25, -0.2) is 10.4 Å². The highest BCUT2D eigenvalue weighted by molar-refractivity contribution is 9.10. The Balaban J connectivity index is 1.89. The molecule has 0 aliphatic carbocycles. The molecule has 0 saturated carbocycles. The van der Waals surface area contributed by atoms with Crippen LogP contribution >= 0.6 is 27.7 Å². The fraction of sp³-hybridized carbons (Fsp3) is 0.133. The van der Waals surface area contributed by atoms with Crippen molar-refractivity contribution in [1.29, 1.82) is 0 Å². The fourth-order valence-corrected chi connectivity index (χ4v) is 2.72. The van der Waals surface area contributed by atoms with Crippen molar-refractivity contribution in [2.24, 2.45) is 5.10 Å². The average molecular weight is 396 g/mol. The van der Waals surface area contributed by atoms with Crippen molar-refractivity contribution < 1.29 is 14.6 Å². The molecule has 23 heavy (non-hydrogen) atoms. The second kappa shape index (κ2) is 8.54. The van der Waals surface area contributed by atoms with E-state index in [0.29, 0.717) is 15.8 Å². The Labute approximate surface area is 146 Å². The summed E-state index contributed by atoms with van der Waals surface area (Å²) in [6.07, 6.45) is 3.14. The van der Waals surface area contributed by atoms with Crippen LogP contribution in [-0.2, 0) is 4.79 Å².